The zero-order chi connectivity index (χ0) is 11.0. The number of fused-ring (bicyclic) bond motifs is 1. The van der Waals surface area contributed by atoms with Crippen molar-refractivity contribution in [3.05, 3.63) is 32.2 Å². The van der Waals surface area contributed by atoms with Crippen LogP contribution in [0.15, 0.2) is 21.1 Å². The minimum atomic E-state index is 0.489. The van der Waals surface area contributed by atoms with E-state index >= 15 is 0 Å². The molecule has 0 aromatic heterocycles. The van der Waals surface area contributed by atoms with E-state index < -0.39 is 0 Å². The largest absolute Gasteiger partial charge is 0.313 e. The van der Waals surface area contributed by atoms with Gasteiger partial charge in [0.2, 0.25) is 0 Å². The van der Waals surface area contributed by atoms with Crippen LogP contribution in [0.2, 0.25) is 0 Å². The van der Waals surface area contributed by atoms with E-state index in [4.69, 9.17) is 0 Å². The lowest BCUT2D eigenvalue weighted by Crippen LogP contribution is -2.23. The zero-order valence-corrected chi connectivity index (χ0v) is 12.2. The Hall–Kier alpha value is 0.140. The molecule has 82 valence electrons. The van der Waals surface area contributed by atoms with E-state index in [0.717, 1.165) is 0 Å². The zero-order valence-electron chi connectivity index (χ0n) is 8.98. The summed E-state index contributed by atoms with van der Waals surface area (Å²) in [4.78, 5) is 0. The van der Waals surface area contributed by atoms with Crippen LogP contribution in [0, 0.1) is 0 Å². The number of halogens is 2. The summed E-state index contributed by atoms with van der Waals surface area (Å²) in [5.74, 6) is 0.650. The quantitative estimate of drug-likeness (QED) is 0.805. The summed E-state index contributed by atoms with van der Waals surface area (Å²) in [6, 6.07) is 4.76. The van der Waals surface area contributed by atoms with Crippen molar-refractivity contribution in [1.29, 1.82) is 0 Å². The van der Waals surface area contributed by atoms with Gasteiger partial charge in [0.25, 0.3) is 0 Å². The van der Waals surface area contributed by atoms with Gasteiger partial charge in [-0.25, -0.2) is 0 Å². The van der Waals surface area contributed by atoms with Crippen molar-refractivity contribution in [3.63, 3.8) is 0 Å². The van der Waals surface area contributed by atoms with Gasteiger partial charge in [0.05, 0.1) is 0 Å². The highest BCUT2D eigenvalue weighted by Gasteiger charge is 2.27. The van der Waals surface area contributed by atoms with Crippen molar-refractivity contribution in [3.8, 4) is 0 Å². The van der Waals surface area contributed by atoms with E-state index in [1.165, 1.54) is 32.9 Å². The number of hydrogen-bond acceptors (Lipinski definition) is 1. The summed E-state index contributed by atoms with van der Waals surface area (Å²) >= 11 is 7.33. The molecule has 3 heteroatoms. The van der Waals surface area contributed by atoms with Gasteiger partial charge in [-0.05, 0) is 49.1 Å². The van der Waals surface area contributed by atoms with E-state index in [9.17, 15) is 0 Å². The van der Waals surface area contributed by atoms with Gasteiger partial charge in [0.15, 0.2) is 0 Å². The smallest absolute Gasteiger partial charge is 0.0332 e. The van der Waals surface area contributed by atoms with Crippen molar-refractivity contribution < 1.29 is 0 Å². The van der Waals surface area contributed by atoms with Gasteiger partial charge in [0.1, 0.15) is 0 Å². The fourth-order valence-electron chi connectivity index (χ4n) is 2.43. The molecular formula is C12H15Br2N. The highest BCUT2D eigenvalue weighted by molar-refractivity contribution is 9.11. The molecule has 2 rings (SSSR count). The maximum absolute atomic E-state index is 3.66. The molecule has 0 saturated carbocycles. The van der Waals surface area contributed by atoms with Crippen LogP contribution in [0.1, 0.15) is 42.9 Å². The molecule has 0 saturated heterocycles. The molecule has 0 aliphatic heterocycles. The molecule has 15 heavy (non-hydrogen) atoms. The number of rotatable bonds is 1. The van der Waals surface area contributed by atoms with Gasteiger partial charge in [-0.1, -0.05) is 38.8 Å². The molecule has 2 unspecified atom stereocenters. The highest BCUT2D eigenvalue weighted by Crippen LogP contribution is 2.44. The summed E-state index contributed by atoms with van der Waals surface area (Å²) in [5, 5.41) is 3.40. The summed E-state index contributed by atoms with van der Waals surface area (Å²) in [6.45, 7) is 2.31. The first-order chi connectivity index (χ1) is 7.15. The molecule has 0 amide bonds. The minimum Gasteiger partial charge on any atom is -0.313 e. The Morgan fingerprint density at radius 2 is 1.73 bits per heavy atom. The van der Waals surface area contributed by atoms with Crippen LogP contribution in [-0.2, 0) is 0 Å². The second kappa shape index (κ2) is 4.56. The van der Waals surface area contributed by atoms with E-state index in [-0.39, 0.29) is 0 Å². The molecular weight excluding hydrogens is 318 g/mol. The van der Waals surface area contributed by atoms with E-state index in [2.05, 4.69) is 56.2 Å². The Morgan fingerprint density at radius 1 is 1.13 bits per heavy atom. The molecule has 1 N–H and O–H groups in total. The van der Waals surface area contributed by atoms with Crippen LogP contribution in [-0.4, -0.2) is 7.05 Å². The van der Waals surface area contributed by atoms with Crippen molar-refractivity contribution in [2.24, 2.45) is 0 Å². The standard InChI is InChI=1S/C12H15Br2N/c1-7-3-6-10(15-2)12-9(14)5-4-8(13)11(7)12/h4-5,7,10,15H,3,6H2,1-2H3. The predicted molar refractivity (Wildman–Crippen MR) is 71.3 cm³/mol. The summed E-state index contributed by atoms with van der Waals surface area (Å²) < 4.78 is 2.47. The maximum atomic E-state index is 3.66. The molecule has 1 aromatic carbocycles. The first kappa shape index (κ1) is 11.6. The van der Waals surface area contributed by atoms with E-state index in [1.54, 1.807) is 0 Å². The first-order valence-corrected chi connectivity index (χ1v) is 6.88. The first-order valence-electron chi connectivity index (χ1n) is 5.30. The summed E-state index contributed by atoms with van der Waals surface area (Å²) in [6.07, 6.45) is 2.48. The van der Waals surface area contributed by atoms with Crippen LogP contribution >= 0.6 is 31.9 Å². The Labute approximate surface area is 108 Å². The lowest BCUT2D eigenvalue weighted by Gasteiger charge is -2.31. The van der Waals surface area contributed by atoms with Crippen LogP contribution in [0.3, 0.4) is 0 Å². The lowest BCUT2D eigenvalue weighted by atomic mass is 9.81. The summed E-state index contributed by atoms with van der Waals surface area (Å²) in [5.41, 5.74) is 2.90. The molecule has 0 fully saturated rings. The summed E-state index contributed by atoms with van der Waals surface area (Å²) in [7, 11) is 2.04. The SMILES string of the molecule is CNC1CCC(C)c2c(Br)ccc(Br)c21. The van der Waals surface area contributed by atoms with Crippen LogP contribution in [0.4, 0.5) is 0 Å². The molecule has 1 nitrogen and oxygen atoms in total. The minimum absolute atomic E-state index is 0.489. The Morgan fingerprint density at radius 3 is 2.33 bits per heavy atom. The molecule has 1 aliphatic rings. The maximum Gasteiger partial charge on any atom is 0.0332 e. The van der Waals surface area contributed by atoms with Gasteiger partial charge >= 0.3 is 0 Å². The molecule has 0 heterocycles. The van der Waals surface area contributed by atoms with Crippen LogP contribution < -0.4 is 5.32 Å². The molecule has 1 aromatic rings. The van der Waals surface area contributed by atoms with Gasteiger partial charge in [-0.15, -0.1) is 0 Å². The van der Waals surface area contributed by atoms with Crippen LogP contribution in [0.5, 0.6) is 0 Å². The van der Waals surface area contributed by atoms with Gasteiger partial charge in [-0.2, -0.15) is 0 Å². The number of benzene rings is 1. The van der Waals surface area contributed by atoms with Crippen molar-refractivity contribution in [2.45, 2.75) is 31.7 Å². The second-order valence-corrected chi connectivity index (χ2v) is 5.88. The highest BCUT2D eigenvalue weighted by atomic mass is 79.9. The van der Waals surface area contributed by atoms with Crippen molar-refractivity contribution in [2.75, 3.05) is 7.05 Å². The molecule has 1 aliphatic carbocycles. The lowest BCUT2D eigenvalue weighted by molar-refractivity contribution is 0.457. The third-order valence-electron chi connectivity index (χ3n) is 3.26. The molecule has 0 spiro atoms. The van der Waals surface area contributed by atoms with Crippen LogP contribution in [0.25, 0.3) is 0 Å². The van der Waals surface area contributed by atoms with E-state index in [0.29, 0.717) is 12.0 Å². The number of nitrogens with one attached hydrogen (secondary N) is 1. The molecule has 0 radical (unpaired) electrons. The fraction of sp³-hybridized carbons (Fsp3) is 0.500. The van der Waals surface area contributed by atoms with Crippen molar-refractivity contribution in [1.82, 2.24) is 5.32 Å². The second-order valence-electron chi connectivity index (χ2n) is 4.18. The Kier molecular flexibility index (Phi) is 3.53. The van der Waals surface area contributed by atoms with Gasteiger partial charge in [0, 0.05) is 15.0 Å². The molecule has 2 atom stereocenters. The third-order valence-corrected chi connectivity index (χ3v) is 4.64. The predicted octanol–water partition coefficient (Wildman–Crippen LogP) is 4.37. The Balaban J connectivity index is 2.60. The van der Waals surface area contributed by atoms with E-state index in [1.807, 2.05) is 7.05 Å². The van der Waals surface area contributed by atoms with Gasteiger partial charge < -0.3 is 5.32 Å². The monoisotopic (exact) mass is 331 g/mol. The fourth-order valence-corrected chi connectivity index (χ4v) is 3.79. The van der Waals surface area contributed by atoms with Crippen molar-refractivity contribution >= 4 is 31.9 Å². The third kappa shape index (κ3) is 2.02. The average molecular weight is 333 g/mol. The number of hydrogen-bond donors (Lipinski definition) is 1. The average Bonchev–Trinajstić information content (AvgIpc) is 2.23. The normalized spacial score (nSPS) is 25.1. The Bertz CT molecular complexity index is 376. The topological polar surface area (TPSA) is 12.0 Å². The van der Waals surface area contributed by atoms with Gasteiger partial charge in [-0.3, -0.25) is 0 Å². The molecule has 0 bridgehead atoms.